The van der Waals surface area contributed by atoms with Crippen LogP contribution in [-0.4, -0.2) is 42.1 Å². The first-order valence-electron chi connectivity index (χ1n) is 9.87. The van der Waals surface area contributed by atoms with Crippen LogP contribution in [0, 0.1) is 18.8 Å². The van der Waals surface area contributed by atoms with Gasteiger partial charge in [0.2, 0.25) is 0 Å². The zero-order chi connectivity index (χ0) is 19.6. The van der Waals surface area contributed by atoms with Crippen molar-refractivity contribution in [1.29, 1.82) is 0 Å². The van der Waals surface area contributed by atoms with Crippen molar-refractivity contribution in [2.75, 3.05) is 13.1 Å². The van der Waals surface area contributed by atoms with Crippen LogP contribution >= 0.6 is 11.6 Å². The highest BCUT2D eigenvalue weighted by Crippen LogP contribution is 2.47. The molecule has 0 saturated carbocycles. The molecule has 7 heteroatoms. The second-order valence-corrected chi connectivity index (χ2v) is 8.64. The summed E-state index contributed by atoms with van der Waals surface area (Å²) in [7, 11) is 0. The van der Waals surface area contributed by atoms with Crippen LogP contribution in [0.3, 0.4) is 0 Å². The van der Waals surface area contributed by atoms with Gasteiger partial charge in [-0.2, -0.15) is 0 Å². The molecule has 5 rings (SSSR count). The Morgan fingerprint density at radius 1 is 1.25 bits per heavy atom. The average Bonchev–Trinajstić information content (AvgIpc) is 3.34. The van der Waals surface area contributed by atoms with Crippen molar-refractivity contribution in [3.8, 4) is 5.75 Å². The van der Waals surface area contributed by atoms with Gasteiger partial charge >= 0.3 is 5.63 Å². The molecule has 3 saturated heterocycles. The third kappa shape index (κ3) is 2.65. The highest BCUT2D eigenvalue weighted by Gasteiger charge is 2.56. The molecule has 1 N–H and O–H groups in total. The molecule has 5 atom stereocenters. The fraction of sp³-hybridized carbons (Fsp3) is 0.524. The van der Waals surface area contributed by atoms with E-state index in [1.165, 1.54) is 6.07 Å². The Balaban J connectivity index is 1.40. The monoisotopic (exact) mass is 402 g/mol. The molecule has 3 aliphatic heterocycles. The molecule has 0 aliphatic carbocycles. The number of nitrogens with zero attached hydrogens (tertiary/aromatic N) is 1. The molecule has 1 amide bonds. The number of nitrogens with one attached hydrogen (secondary N) is 1. The lowest BCUT2D eigenvalue weighted by molar-refractivity contribution is -0.139. The number of ether oxygens (including phenoxy) is 1. The van der Waals surface area contributed by atoms with Crippen LogP contribution in [0.5, 0.6) is 5.75 Å². The predicted molar refractivity (Wildman–Crippen MR) is 106 cm³/mol. The number of amides is 1. The first-order chi connectivity index (χ1) is 13.4. The van der Waals surface area contributed by atoms with Crippen molar-refractivity contribution >= 4 is 28.5 Å². The number of carbonyl (C=O) groups excluding carboxylic acids is 1. The summed E-state index contributed by atoms with van der Waals surface area (Å²) in [4.78, 5) is 26.9. The van der Waals surface area contributed by atoms with Crippen LogP contribution in [0.25, 0.3) is 11.0 Å². The van der Waals surface area contributed by atoms with Crippen LogP contribution in [0.2, 0.25) is 5.02 Å². The van der Waals surface area contributed by atoms with Gasteiger partial charge in [0.25, 0.3) is 5.91 Å². The standard InChI is InChI=1S/C21H23ClN2O4/c1-10-5-20(25)28-18-7-19(15(22)6-12(10)18)27-11(2)21(26)24-16-3-4-17(24)14-9-23-8-13(14)16/h5-7,11,13-14,16-17,23H,3-4,8-9H2,1-2H3/t11?,13-,14+,16-,17+. The van der Waals surface area contributed by atoms with E-state index in [4.69, 9.17) is 20.8 Å². The van der Waals surface area contributed by atoms with Crippen LogP contribution in [0.4, 0.5) is 0 Å². The molecule has 2 bridgehead atoms. The van der Waals surface area contributed by atoms with E-state index in [2.05, 4.69) is 10.2 Å². The van der Waals surface area contributed by atoms with E-state index in [0.717, 1.165) is 36.9 Å². The summed E-state index contributed by atoms with van der Waals surface area (Å²) in [5.74, 6) is 1.51. The normalized spacial score (nSPS) is 29.3. The third-order valence-corrected chi connectivity index (χ3v) is 6.98. The minimum absolute atomic E-state index is 0.0174. The van der Waals surface area contributed by atoms with Crippen molar-refractivity contribution < 1.29 is 13.9 Å². The largest absolute Gasteiger partial charge is 0.479 e. The molecule has 0 radical (unpaired) electrons. The van der Waals surface area contributed by atoms with E-state index in [1.54, 1.807) is 19.1 Å². The Labute approximate surface area is 167 Å². The summed E-state index contributed by atoms with van der Waals surface area (Å²) < 4.78 is 11.2. The van der Waals surface area contributed by atoms with Crippen LogP contribution in [0.1, 0.15) is 25.3 Å². The smallest absolute Gasteiger partial charge is 0.336 e. The summed E-state index contributed by atoms with van der Waals surface area (Å²) in [6, 6.07) is 5.39. The molecule has 1 aromatic carbocycles. The number of hydrogen-bond donors (Lipinski definition) is 1. The fourth-order valence-corrected chi connectivity index (χ4v) is 5.66. The second-order valence-electron chi connectivity index (χ2n) is 8.23. The SMILES string of the molecule is Cc1cc(=O)oc2cc(OC(C)C(=O)N3[C@@H]4CC[C@H]3[C@H]3CNC[C@H]34)c(Cl)cc12. The van der Waals surface area contributed by atoms with Gasteiger partial charge in [0, 0.05) is 42.7 Å². The number of aryl methyl sites for hydroxylation is 1. The van der Waals surface area contributed by atoms with E-state index in [0.29, 0.717) is 40.3 Å². The number of fused-ring (bicyclic) bond motifs is 6. The van der Waals surface area contributed by atoms with Gasteiger partial charge in [-0.1, -0.05) is 11.6 Å². The van der Waals surface area contributed by atoms with E-state index in [1.807, 2.05) is 6.92 Å². The molecule has 2 aromatic rings. The molecule has 4 heterocycles. The Kier molecular flexibility index (Phi) is 4.18. The topological polar surface area (TPSA) is 71.8 Å². The lowest BCUT2D eigenvalue weighted by atomic mass is 9.82. The summed E-state index contributed by atoms with van der Waals surface area (Å²) in [5, 5.41) is 4.62. The lowest BCUT2D eigenvalue weighted by Gasteiger charge is -2.28. The lowest BCUT2D eigenvalue weighted by Crippen LogP contribution is -2.45. The Morgan fingerprint density at radius 3 is 2.61 bits per heavy atom. The summed E-state index contributed by atoms with van der Waals surface area (Å²) in [5.41, 5.74) is 0.778. The summed E-state index contributed by atoms with van der Waals surface area (Å²) in [6.45, 7) is 5.59. The Hall–Kier alpha value is -2.05. The van der Waals surface area contributed by atoms with Crippen molar-refractivity contribution in [2.45, 2.75) is 44.9 Å². The zero-order valence-corrected chi connectivity index (χ0v) is 16.7. The van der Waals surface area contributed by atoms with E-state index in [-0.39, 0.29) is 5.91 Å². The Bertz CT molecular complexity index is 1000. The first-order valence-corrected chi connectivity index (χ1v) is 10.3. The number of benzene rings is 1. The van der Waals surface area contributed by atoms with E-state index in [9.17, 15) is 9.59 Å². The maximum absolute atomic E-state index is 13.2. The number of carbonyl (C=O) groups is 1. The van der Waals surface area contributed by atoms with Gasteiger partial charge < -0.3 is 19.4 Å². The highest BCUT2D eigenvalue weighted by atomic mass is 35.5. The van der Waals surface area contributed by atoms with Gasteiger partial charge in [0.05, 0.1) is 5.02 Å². The average molecular weight is 403 g/mol. The first kappa shape index (κ1) is 18.0. The molecule has 148 valence electrons. The third-order valence-electron chi connectivity index (χ3n) is 6.68. The van der Waals surface area contributed by atoms with Crippen LogP contribution in [-0.2, 0) is 4.79 Å². The maximum Gasteiger partial charge on any atom is 0.336 e. The quantitative estimate of drug-likeness (QED) is 0.799. The minimum Gasteiger partial charge on any atom is -0.479 e. The van der Waals surface area contributed by atoms with Gasteiger partial charge in [-0.3, -0.25) is 4.79 Å². The molecular weight excluding hydrogens is 380 g/mol. The van der Waals surface area contributed by atoms with Crippen LogP contribution < -0.4 is 15.7 Å². The molecule has 0 spiro atoms. The highest BCUT2D eigenvalue weighted by molar-refractivity contribution is 6.32. The maximum atomic E-state index is 13.2. The number of rotatable bonds is 3. The zero-order valence-electron chi connectivity index (χ0n) is 15.9. The number of hydrogen-bond acceptors (Lipinski definition) is 5. The van der Waals surface area contributed by atoms with Gasteiger partial charge in [-0.05, 0) is 50.2 Å². The van der Waals surface area contributed by atoms with Crippen molar-refractivity contribution in [1.82, 2.24) is 10.2 Å². The van der Waals surface area contributed by atoms with Gasteiger partial charge in [0.1, 0.15) is 11.3 Å². The molecule has 28 heavy (non-hydrogen) atoms. The van der Waals surface area contributed by atoms with E-state index >= 15 is 0 Å². The van der Waals surface area contributed by atoms with Crippen LogP contribution in [0.15, 0.2) is 27.4 Å². The Morgan fingerprint density at radius 2 is 1.93 bits per heavy atom. The molecule has 3 fully saturated rings. The molecule has 6 nitrogen and oxygen atoms in total. The molecule has 1 unspecified atom stereocenters. The second kappa shape index (κ2) is 6.49. The van der Waals surface area contributed by atoms with Crippen molar-refractivity contribution in [2.24, 2.45) is 11.8 Å². The summed E-state index contributed by atoms with van der Waals surface area (Å²) in [6.07, 6.45) is 1.50. The van der Waals surface area contributed by atoms with Gasteiger partial charge in [0.15, 0.2) is 6.10 Å². The predicted octanol–water partition coefficient (Wildman–Crippen LogP) is 2.73. The minimum atomic E-state index is -0.652. The van der Waals surface area contributed by atoms with Gasteiger partial charge in [-0.15, -0.1) is 0 Å². The molecule has 3 aliphatic rings. The van der Waals surface area contributed by atoms with Crippen molar-refractivity contribution in [3.63, 3.8) is 0 Å². The molecule has 1 aromatic heterocycles. The summed E-state index contributed by atoms with van der Waals surface area (Å²) >= 11 is 6.39. The number of halogens is 1. The molecular formula is C21H23ClN2O4. The van der Waals surface area contributed by atoms with Crippen molar-refractivity contribution in [3.05, 3.63) is 39.2 Å². The fourth-order valence-electron chi connectivity index (χ4n) is 5.46. The van der Waals surface area contributed by atoms with Gasteiger partial charge in [-0.25, -0.2) is 4.79 Å². The van der Waals surface area contributed by atoms with E-state index < -0.39 is 11.7 Å².